The second-order valence-corrected chi connectivity index (χ2v) is 3.96. The lowest BCUT2D eigenvalue weighted by molar-refractivity contribution is -0.147. The summed E-state index contributed by atoms with van der Waals surface area (Å²) in [4.78, 5) is 10.7. The van der Waals surface area contributed by atoms with E-state index >= 15 is 0 Å². The Labute approximate surface area is 107 Å². The lowest BCUT2D eigenvalue weighted by Gasteiger charge is -2.11. The zero-order chi connectivity index (χ0) is 14.0. The molecule has 0 fully saturated rings. The Hall–Kier alpha value is -2.27. The molecule has 2 N–H and O–H groups in total. The third-order valence-corrected chi connectivity index (χ3v) is 2.71. The van der Waals surface area contributed by atoms with Crippen LogP contribution in [-0.4, -0.2) is 16.2 Å². The van der Waals surface area contributed by atoms with Crippen LogP contribution < -0.4 is 0 Å². The summed E-state index contributed by atoms with van der Waals surface area (Å²) in [6.07, 6.45) is -1.93. The quantitative estimate of drug-likeness (QED) is 0.896. The number of carboxylic acids is 1. The van der Waals surface area contributed by atoms with Gasteiger partial charge in [0.05, 0.1) is 0 Å². The van der Waals surface area contributed by atoms with Crippen LogP contribution in [-0.2, 0) is 4.79 Å². The van der Waals surface area contributed by atoms with Gasteiger partial charge in [-0.15, -0.1) is 0 Å². The van der Waals surface area contributed by atoms with Crippen molar-refractivity contribution in [2.24, 2.45) is 0 Å². The number of carboxylic acid groups (broad SMARTS) is 1. The van der Waals surface area contributed by atoms with Crippen molar-refractivity contribution in [3.8, 4) is 11.1 Å². The maximum absolute atomic E-state index is 14.2. The number of aliphatic hydroxyl groups is 1. The maximum Gasteiger partial charge on any atom is 0.337 e. The zero-order valence-electron chi connectivity index (χ0n) is 9.68. The number of benzene rings is 2. The molecule has 0 bridgehead atoms. The average Bonchev–Trinajstić information content (AvgIpc) is 2.39. The van der Waals surface area contributed by atoms with E-state index in [-0.39, 0.29) is 11.1 Å². The Morgan fingerprint density at radius 2 is 1.68 bits per heavy atom. The SMILES string of the molecule is O=C(O)C(O)c1cccc(-c2ccc(F)cc2)c1F. The minimum absolute atomic E-state index is 0.109. The first-order valence-corrected chi connectivity index (χ1v) is 5.46. The predicted molar refractivity (Wildman–Crippen MR) is 64.4 cm³/mol. The summed E-state index contributed by atoms with van der Waals surface area (Å²) < 4.78 is 27.0. The van der Waals surface area contributed by atoms with Crippen LogP contribution in [0, 0.1) is 11.6 Å². The van der Waals surface area contributed by atoms with Crippen LogP contribution in [0.3, 0.4) is 0 Å². The molecule has 0 aromatic heterocycles. The highest BCUT2D eigenvalue weighted by atomic mass is 19.1. The molecule has 2 aromatic rings. The molecule has 2 aromatic carbocycles. The highest BCUT2D eigenvalue weighted by molar-refractivity contribution is 5.75. The predicted octanol–water partition coefficient (Wildman–Crippen LogP) is 2.75. The van der Waals surface area contributed by atoms with E-state index in [9.17, 15) is 18.7 Å². The van der Waals surface area contributed by atoms with Gasteiger partial charge in [-0.2, -0.15) is 0 Å². The van der Waals surface area contributed by atoms with Crippen molar-refractivity contribution in [2.45, 2.75) is 6.10 Å². The highest BCUT2D eigenvalue weighted by Crippen LogP contribution is 2.28. The smallest absolute Gasteiger partial charge is 0.337 e. The van der Waals surface area contributed by atoms with Gasteiger partial charge in [0.2, 0.25) is 0 Å². The molecule has 0 radical (unpaired) electrons. The molecule has 0 aliphatic carbocycles. The highest BCUT2D eigenvalue weighted by Gasteiger charge is 2.21. The Morgan fingerprint density at radius 1 is 1.05 bits per heavy atom. The summed E-state index contributed by atoms with van der Waals surface area (Å²) in [6, 6.07) is 9.17. The fourth-order valence-electron chi connectivity index (χ4n) is 1.75. The van der Waals surface area contributed by atoms with E-state index in [1.165, 1.54) is 42.5 Å². The van der Waals surface area contributed by atoms with Crippen LogP contribution in [0.4, 0.5) is 8.78 Å². The first-order chi connectivity index (χ1) is 9.00. The van der Waals surface area contributed by atoms with Crippen LogP contribution >= 0.6 is 0 Å². The molecular weight excluding hydrogens is 254 g/mol. The standard InChI is InChI=1S/C14H10F2O3/c15-9-6-4-8(5-7-9)10-2-1-3-11(12(10)16)13(17)14(18)19/h1-7,13,17H,(H,18,19). The molecule has 0 saturated carbocycles. The molecule has 3 nitrogen and oxygen atoms in total. The third-order valence-electron chi connectivity index (χ3n) is 2.71. The zero-order valence-corrected chi connectivity index (χ0v) is 9.68. The fraction of sp³-hybridized carbons (Fsp3) is 0.0714. The van der Waals surface area contributed by atoms with Crippen molar-refractivity contribution in [1.29, 1.82) is 0 Å². The molecule has 0 heterocycles. The van der Waals surface area contributed by atoms with E-state index in [4.69, 9.17) is 5.11 Å². The summed E-state index contributed by atoms with van der Waals surface area (Å²) in [7, 11) is 0. The van der Waals surface area contributed by atoms with Gasteiger partial charge in [-0.05, 0) is 17.7 Å². The van der Waals surface area contributed by atoms with E-state index in [2.05, 4.69) is 0 Å². The summed E-state index contributed by atoms with van der Waals surface area (Å²) in [5.41, 5.74) is 0.186. The van der Waals surface area contributed by atoms with Crippen molar-refractivity contribution >= 4 is 5.97 Å². The van der Waals surface area contributed by atoms with Gasteiger partial charge in [0.15, 0.2) is 6.10 Å². The van der Waals surface area contributed by atoms with Gasteiger partial charge in [-0.3, -0.25) is 0 Å². The number of hydrogen-bond donors (Lipinski definition) is 2. The van der Waals surface area contributed by atoms with Crippen molar-refractivity contribution < 1.29 is 23.8 Å². The first kappa shape index (κ1) is 13.2. The van der Waals surface area contributed by atoms with Crippen molar-refractivity contribution in [2.75, 3.05) is 0 Å². The van der Waals surface area contributed by atoms with E-state index in [0.29, 0.717) is 5.56 Å². The minimum atomic E-state index is -1.93. The Balaban J connectivity index is 2.51. The maximum atomic E-state index is 14.2. The average molecular weight is 264 g/mol. The van der Waals surface area contributed by atoms with Gasteiger partial charge in [-0.25, -0.2) is 13.6 Å². The number of halogens is 2. The molecule has 19 heavy (non-hydrogen) atoms. The summed E-state index contributed by atoms with van der Waals surface area (Å²) in [6.45, 7) is 0. The number of aliphatic hydroxyl groups excluding tert-OH is 1. The molecule has 0 amide bonds. The van der Waals surface area contributed by atoms with Crippen LogP contribution in [0.2, 0.25) is 0 Å². The second kappa shape index (κ2) is 5.16. The number of aliphatic carboxylic acids is 1. The minimum Gasteiger partial charge on any atom is -0.479 e. The van der Waals surface area contributed by atoms with E-state index in [0.717, 1.165) is 0 Å². The number of rotatable bonds is 3. The van der Waals surface area contributed by atoms with Gasteiger partial charge in [0, 0.05) is 11.1 Å². The van der Waals surface area contributed by atoms with Gasteiger partial charge < -0.3 is 10.2 Å². The van der Waals surface area contributed by atoms with Crippen molar-refractivity contribution in [3.63, 3.8) is 0 Å². The lowest BCUT2D eigenvalue weighted by atomic mass is 9.99. The number of hydrogen-bond acceptors (Lipinski definition) is 2. The molecule has 1 unspecified atom stereocenters. The van der Waals surface area contributed by atoms with Gasteiger partial charge in [-0.1, -0.05) is 30.3 Å². The van der Waals surface area contributed by atoms with E-state index in [1.807, 2.05) is 0 Å². The number of carbonyl (C=O) groups is 1. The monoisotopic (exact) mass is 264 g/mol. The summed E-state index contributed by atoms with van der Waals surface area (Å²) in [5, 5.41) is 18.1. The first-order valence-electron chi connectivity index (χ1n) is 5.46. The molecular formula is C14H10F2O3. The Kier molecular flexibility index (Phi) is 3.57. The van der Waals surface area contributed by atoms with Crippen molar-refractivity contribution in [1.82, 2.24) is 0 Å². The Morgan fingerprint density at radius 3 is 2.26 bits per heavy atom. The van der Waals surface area contributed by atoms with Gasteiger partial charge in [0.1, 0.15) is 11.6 Å². The normalized spacial score (nSPS) is 12.2. The third kappa shape index (κ3) is 2.61. The summed E-state index contributed by atoms with van der Waals surface area (Å²) in [5.74, 6) is -2.81. The molecule has 0 aliphatic rings. The Bertz CT molecular complexity index is 609. The van der Waals surface area contributed by atoms with Crippen LogP contribution in [0.5, 0.6) is 0 Å². The topological polar surface area (TPSA) is 57.5 Å². The van der Waals surface area contributed by atoms with E-state index < -0.39 is 23.7 Å². The van der Waals surface area contributed by atoms with Crippen molar-refractivity contribution in [3.05, 3.63) is 59.7 Å². The molecule has 0 saturated heterocycles. The lowest BCUT2D eigenvalue weighted by Crippen LogP contribution is -2.12. The molecule has 2 rings (SSSR count). The molecule has 5 heteroatoms. The van der Waals surface area contributed by atoms with Crippen LogP contribution in [0.25, 0.3) is 11.1 Å². The van der Waals surface area contributed by atoms with Crippen LogP contribution in [0.1, 0.15) is 11.7 Å². The molecule has 0 spiro atoms. The summed E-state index contributed by atoms with van der Waals surface area (Å²) >= 11 is 0. The van der Waals surface area contributed by atoms with Gasteiger partial charge in [0.25, 0.3) is 0 Å². The van der Waals surface area contributed by atoms with Gasteiger partial charge >= 0.3 is 5.97 Å². The molecule has 98 valence electrons. The largest absolute Gasteiger partial charge is 0.479 e. The van der Waals surface area contributed by atoms with Crippen LogP contribution in [0.15, 0.2) is 42.5 Å². The molecule has 0 aliphatic heterocycles. The second-order valence-electron chi connectivity index (χ2n) is 3.96. The fourth-order valence-corrected chi connectivity index (χ4v) is 1.75. The van der Waals surface area contributed by atoms with E-state index in [1.54, 1.807) is 0 Å². The molecule has 1 atom stereocenters.